The summed E-state index contributed by atoms with van der Waals surface area (Å²) in [6.45, 7) is 7.80. The van der Waals surface area contributed by atoms with E-state index in [4.69, 9.17) is 14.9 Å². The van der Waals surface area contributed by atoms with Crippen LogP contribution in [0.15, 0.2) is 27.6 Å². The van der Waals surface area contributed by atoms with Gasteiger partial charge in [-0.25, -0.2) is 9.59 Å². The van der Waals surface area contributed by atoms with Gasteiger partial charge in [0.25, 0.3) is 0 Å². The minimum atomic E-state index is -0.697. The molecule has 5 N–H and O–H groups in total. The molecule has 0 bridgehead atoms. The number of amides is 1. The molecule has 1 amide bonds. The second-order valence-corrected chi connectivity index (χ2v) is 13.3. The van der Waals surface area contributed by atoms with Crippen LogP contribution in [0.2, 0.25) is 0 Å². The molecule has 0 aliphatic heterocycles. The van der Waals surface area contributed by atoms with Gasteiger partial charge in [-0.05, 0) is 131 Å². The van der Waals surface area contributed by atoms with Crippen molar-refractivity contribution in [2.45, 2.75) is 102 Å². The SMILES string of the molecule is C[C@]12CC[C@H](OC(=O)NCCCNCCCN)C[C@H]1CC[C@@H]1[C@@H]2CC[C@]2(C)[C@H](c3ccc(=O)oc3)CC[C@]12O. The third-order valence-corrected chi connectivity index (χ3v) is 11.6. The van der Waals surface area contributed by atoms with Crippen LogP contribution in [-0.2, 0) is 4.74 Å². The van der Waals surface area contributed by atoms with Gasteiger partial charge < -0.3 is 30.6 Å². The molecule has 0 aromatic carbocycles. The number of aliphatic hydroxyl groups is 1. The molecule has 4 aliphatic rings. The summed E-state index contributed by atoms with van der Waals surface area (Å²) in [4.78, 5) is 24.0. The summed E-state index contributed by atoms with van der Waals surface area (Å²) < 4.78 is 11.1. The van der Waals surface area contributed by atoms with Crippen LogP contribution in [0, 0.1) is 28.6 Å². The van der Waals surface area contributed by atoms with E-state index >= 15 is 0 Å². The molecule has 4 fully saturated rings. The van der Waals surface area contributed by atoms with Gasteiger partial charge in [0.05, 0.1) is 11.9 Å². The van der Waals surface area contributed by atoms with Crippen LogP contribution in [0.5, 0.6) is 0 Å². The van der Waals surface area contributed by atoms with E-state index in [9.17, 15) is 14.7 Å². The lowest BCUT2D eigenvalue weighted by atomic mass is 9.43. The van der Waals surface area contributed by atoms with Gasteiger partial charge in [-0.15, -0.1) is 0 Å². The normalized spacial score (nSPS) is 39.3. The van der Waals surface area contributed by atoms with Crippen molar-refractivity contribution in [3.05, 3.63) is 34.4 Å². The van der Waals surface area contributed by atoms with Crippen molar-refractivity contribution in [1.82, 2.24) is 10.6 Å². The summed E-state index contributed by atoms with van der Waals surface area (Å²) in [6.07, 6.45) is 12.0. The van der Waals surface area contributed by atoms with Crippen LogP contribution in [0.25, 0.3) is 0 Å². The second-order valence-electron chi connectivity index (χ2n) is 13.3. The van der Waals surface area contributed by atoms with Crippen molar-refractivity contribution in [3.63, 3.8) is 0 Å². The van der Waals surface area contributed by atoms with Gasteiger partial charge in [0, 0.05) is 18.0 Å². The topological polar surface area (TPSA) is 127 Å². The van der Waals surface area contributed by atoms with Gasteiger partial charge in [0.2, 0.25) is 0 Å². The molecule has 8 nitrogen and oxygen atoms in total. The number of hydrogen-bond donors (Lipinski definition) is 4. The molecule has 8 heteroatoms. The summed E-state index contributed by atoms with van der Waals surface area (Å²) >= 11 is 0. The van der Waals surface area contributed by atoms with Gasteiger partial charge in [0.15, 0.2) is 0 Å². The summed E-state index contributed by atoms with van der Waals surface area (Å²) in [5, 5.41) is 18.7. The summed E-state index contributed by atoms with van der Waals surface area (Å²) in [6, 6.07) is 3.41. The minimum Gasteiger partial charge on any atom is -0.446 e. The van der Waals surface area contributed by atoms with Crippen LogP contribution >= 0.6 is 0 Å². The fourth-order valence-electron chi connectivity index (χ4n) is 9.34. The molecule has 0 unspecified atom stereocenters. The number of nitrogens with one attached hydrogen (secondary N) is 2. The number of alkyl carbamates (subject to hydrolysis) is 1. The molecule has 8 atom stereocenters. The fraction of sp³-hybridized carbons (Fsp3) is 0.806. The summed E-state index contributed by atoms with van der Waals surface area (Å²) in [7, 11) is 0. The third kappa shape index (κ3) is 5.29. The number of rotatable bonds is 9. The Bertz CT molecular complexity index is 1040. The molecule has 4 saturated carbocycles. The van der Waals surface area contributed by atoms with Gasteiger partial charge in [-0.2, -0.15) is 0 Å². The zero-order valence-corrected chi connectivity index (χ0v) is 23.9. The molecule has 0 spiro atoms. The van der Waals surface area contributed by atoms with E-state index < -0.39 is 5.60 Å². The first-order valence-electron chi connectivity index (χ1n) is 15.4. The van der Waals surface area contributed by atoms with Crippen molar-refractivity contribution >= 4 is 6.09 Å². The molecule has 39 heavy (non-hydrogen) atoms. The molecule has 4 aliphatic carbocycles. The maximum absolute atomic E-state index is 12.5. The standard InChI is InChI=1S/C31H49N3O5/c1-29-12-9-23(39-28(36)34-18-4-17-33-16-3-15-32)19-22(29)6-7-26-25(29)10-13-30(2)24(11-14-31(26,30)37)21-5-8-27(35)38-20-21/h5,8,20,22-26,33,37H,3-4,6-7,9-19,32H2,1-2H3,(H,34,36)/t22-,23+,24+,25+,26-,29+,30-,31+/m1/s1. The highest BCUT2D eigenvalue weighted by Crippen LogP contribution is 2.70. The van der Waals surface area contributed by atoms with E-state index in [1.807, 2.05) is 6.07 Å². The lowest BCUT2D eigenvalue weighted by Crippen LogP contribution is -2.62. The number of ether oxygens (including phenoxy) is 1. The quantitative estimate of drug-likeness (QED) is 0.342. The van der Waals surface area contributed by atoms with Crippen molar-refractivity contribution in [3.8, 4) is 0 Å². The molecular formula is C31H49N3O5. The molecule has 1 heterocycles. The number of nitrogens with two attached hydrogens (primary N) is 1. The number of carbonyl (C=O) groups is 1. The summed E-state index contributed by atoms with van der Waals surface area (Å²) in [5.41, 5.74) is 5.49. The van der Waals surface area contributed by atoms with Crippen molar-refractivity contribution < 1.29 is 19.1 Å². The second kappa shape index (κ2) is 11.5. The first-order valence-corrected chi connectivity index (χ1v) is 15.4. The largest absolute Gasteiger partial charge is 0.446 e. The van der Waals surface area contributed by atoms with Gasteiger partial charge >= 0.3 is 11.7 Å². The first kappa shape index (κ1) is 28.6. The zero-order chi connectivity index (χ0) is 27.7. The van der Waals surface area contributed by atoms with Crippen LogP contribution in [0.1, 0.15) is 96.0 Å². The van der Waals surface area contributed by atoms with Gasteiger partial charge in [0.1, 0.15) is 6.10 Å². The monoisotopic (exact) mass is 543 g/mol. The third-order valence-electron chi connectivity index (χ3n) is 11.6. The van der Waals surface area contributed by atoms with E-state index in [1.165, 1.54) is 6.07 Å². The Balaban J connectivity index is 1.17. The van der Waals surface area contributed by atoms with E-state index in [1.54, 1.807) is 6.26 Å². The Morgan fingerprint density at radius 3 is 2.64 bits per heavy atom. The number of fused-ring (bicyclic) bond motifs is 5. The molecule has 1 aromatic rings. The molecule has 218 valence electrons. The first-order chi connectivity index (χ1) is 18.7. The Hall–Kier alpha value is -1.90. The molecule has 5 rings (SSSR count). The zero-order valence-electron chi connectivity index (χ0n) is 23.9. The molecular weight excluding hydrogens is 494 g/mol. The molecule has 0 saturated heterocycles. The number of hydrogen-bond acceptors (Lipinski definition) is 7. The predicted molar refractivity (Wildman–Crippen MR) is 150 cm³/mol. The van der Waals surface area contributed by atoms with Gasteiger partial charge in [-0.1, -0.05) is 13.8 Å². The summed E-state index contributed by atoms with van der Waals surface area (Å²) in [5.74, 6) is 1.51. The molecule has 1 aromatic heterocycles. The van der Waals surface area contributed by atoms with Crippen molar-refractivity contribution in [2.75, 3.05) is 26.2 Å². The predicted octanol–water partition coefficient (Wildman–Crippen LogP) is 4.30. The fourth-order valence-corrected chi connectivity index (χ4v) is 9.34. The van der Waals surface area contributed by atoms with Crippen LogP contribution in [0.3, 0.4) is 0 Å². The maximum atomic E-state index is 12.5. The van der Waals surface area contributed by atoms with E-state index in [0.29, 0.717) is 24.9 Å². The van der Waals surface area contributed by atoms with E-state index in [0.717, 1.165) is 89.3 Å². The van der Waals surface area contributed by atoms with E-state index in [2.05, 4.69) is 24.5 Å². The number of carbonyl (C=O) groups excluding carboxylic acids is 1. The molecule has 0 radical (unpaired) electrons. The van der Waals surface area contributed by atoms with Crippen LogP contribution in [0.4, 0.5) is 4.79 Å². The average molecular weight is 544 g/mol. The highest BCUT2D eigenvalue weighted by molar-refractivity contribution is 5.67. The Morgan fingerprint density at radius 2 is 1.87 bits per heavy atom. The minimum absolute atomic E-state index is 0.0251. The lowest BCUT2D eigenvalue weighted by molar-refractivity contribution is -0.205. The van der Waals surface area contributed by atoms with Crippen LogP contribution < -0.4 is 22.0 Å². The van der Waals surface area contributed by atoms with Crippen molar-refractivity contribution in [2.24, 2.45) is 34.3 Å². The van der Waals surface area contributed by atoms with Crippen molar-refractivity contribution in [1.29, 1.82) is 0 Å². The Kier molecular flexibility index (Phi) is 8.46. The Morgan fingerprint density at radius 1 is 1.05 bits per heavy atom. The Labute approximate surface area is 232 Å². The smallest absolute Gasteiger partial charge is 0.407 e. The van der Waals surface area contributed by atoms with Crippen LogP contribution in [-0.4, -0.2) is 49.1 Å². The maximum Gasteiger partial charge on any atom is 0.407 e. The highest BCUT2D eigenvalue weighted by atomic mass is 16.6. The van der Waals surface area contributed by atoms with Gasteiger partial charge in [-0.3, -0.25) is 0 Å². The van der Waals surface area contributed by atoms with E-state index in [-0.39, 0.29) is 40.5 Å². The average Bonchev–Trinajstić information content (AvgIpc) is 3.20. The highest BCUT2D eigenvalue weighted by Gasteiger charge is 2.67. The lowest BCUT2D eigenvalue weighted by Gasteiger charge is -2.63.